The summed E-state index contributed by atoms with van der Waals surface area (Å²) in [6.07, 6.45) is 4.09. The minimum absolute atomic E-state index is 0. The lowest BCUT2D eigenvalue weighted by Gasteiger charge is -2.10. The van der Waals surface area contributed by atoms with Crippen LogP contribution in [0.4, 0.5) is 5.69 Å². The molecule has 3 rings (SSSR count). The van der Waals surface area contributed by atoms with Crippen LogP contribution in [0, 0.1) is 0 Å². The fourth-order valence-corrected chi connectivity index (χ4v) is 2.02. The van der Waals surface area contributed by atoms with Crippen molar-refractivity contribution in [1.29, 1.82) is 0 Å². The van der Waals surface area contributed by atoms with Crippen molar-refractivity contribution in [2.75, 3.05) is 19.0 Å². The molecule has 0 aliphatic heterocycles. The van der Waals surface area contributed by atoms with Gasteiger partial charge in [0.25, 0.3) is 0 Å². The Bertz CT molecular complexity index is 690. The van der Waals surface area contributed by atoms with Crippen LogP contribution >= 0.6 is 0 Å². The average molecular weight is 381 g/mol. The highest BCUT2D eigenvalue weighted by atomic mass is 127. The molecule has 0 aliphatic rings. The first-order valence-electron chi connectivity index (χ1n) is 6.19. The maximum Gasteiger partial charge on any atom is 0.244 e. The second kappa shape index (κ2) is 6.17. The van der Waals surface area contributed by atoms with Crippen LogP contribution < -0.4 is 33.4 Å². The Balaban J connectivity index is 0.00000147. The predicted octanol–water partition coefficient (Wildman–Crippen LogP) is -1.71. The average Bonchev–Trinajstić information content (AvgIpc) is 2.83. The quantitative estimate of drug-likeness (QED) is 0.401. The van der Waals surface area contributed by atoms with Gasteiger partial charge in [-0.3, -0.25) is 0 Å². The molecule has 0 amide bonds. The molecule has 0 fully saturated rings. The molecule has 5 nitrogen and oxygen atoms in total. The zero-order valence-electron chi connectivity index (χ0n) is 11.4. The van der Waals surface area contributed by atoms with Crippen LogP contribution in [0.15, 0.2) is 48.8 Å². The van der Waals surface area contributed by atoms with Crippen LogP contribution in [0.2, 0.25) is 0 Å². The third-order valence-electron chi connectivity index (χ3n) is 3.11. The maximum absolute atomic E-state index is 4.18. The number of hydrogen-bond acceptors (Lipinski definition) is 3. The summed E-state index contributed by atoms with van der Waals surface area (Å²) in [5.41, 5.74) is 3.15. The van der Waals surface area contributed by atoms with Gasteiger partial charge >= 0.3 is 0 Å². The van der Waals surface area contributed by atoms with E-state index >= 15 is 0 Å². The Hall–Kier alpha value is -1.70. The molecule has 0 N–H and O–H groups in total. The molecule has 20 heavy (non-hydrogen) atoms. The number of benzene rings is 1. The second-order valence-corrected chi connectivity index (χ2v) is 4.68. The molecule has 0 bridgehead atoms. The van der Waals surface area contributed by atoms with Gasteiger partial charge in [0.2, 0.25) is 6.67 Å². The van der Waals surface area contributed by atoms with Crippen molar-refractivity contribution in [3.05, 3.63) is 48.8 Å². The number of halogens is 1. The van der Waals surface area contributed by atoms with Crippen LogP contribution in [-0.4, -0.2) is 29.1 Å². The molecule has 0 atom stereocenters. The van der Waals surface area contributed by atoms with Crippen molar-refractivity contribution in [2.45, 2.75) is 6.67 Å². The van der Waals surface area contributed by atoms with Gasteiger partial charge in [-0.25, -0.2) is 0 Å². The molecule has 0 aliphatic carbocycles. The van der Waals surface area contributed by atoms with Crippen LogP contribution in [0.25, 0.3) is 11.0 Å². The van der Waals surface area contributed by atoms with E-state index in [0.29, 0.717) is 6.67 Å². The molecule has 2 heterocycles. The van der Waals surface area contributed by atoms with Gasteiger partial charge in [0.1, 0.15) is 5.52 Å². The van der Waals surface area contributed by atoms with Gasteiger partial charge in [0.05, 0.1) is 5.52 Å². The van der Waals surface area contributed by atoms with E-state index in [-0.39, 0.29) is 24.0 Å². The number of para-hydroxylation sites is 1. The summed E-state index contributed by atoms with van der Waals surface area (Å²) in [7, 11) is 4.06. The second-order valence-electron chi connectivity index (χ2n) is 4.68. The molecule has 3 aromatic rings. The molecule has 0 spiro atoms. The van der Waals surface area contributed by atoms with Gasteiger partial charge in [-0.2, -0.15) is 9.25 Å². The maximum atomic E-state index is 4.18. The molecule has 0 saturated heterocycles. The first-order valence-corrected chi connectivity index (χ1v) is 6.19. The number of rotatable bonds is 3. The summed E-state index contributed by atoms with van der Waals surface area (Å²) in [5.74, 6) is 0. The minimum atomic E-state index is 0. The summed E-state index contributed by atoms with van der Waals surface area (Å²) in [6.45, 7) is 0.661. The van der Waals surface area contributed by atoms with Crippen molar-refractivity contribution >= 4 is 16.7 Å². The summed E-state index contributed by atoms with van der Waals surface area (Å²) in [4.78, 5) is 2.08. The lowest BCUT2D eigenvalue weighted by atomic mass is 10.3. The van der Waals surface area contributed by atoms with Gasteiger partial charge < -0.3 is 28.9 Å². The lowest BCUT2D eigenvalue weighted by molar-refractivity contribution is -0.702. The van der Waals surface area contributed by atoms with Crippen molar-refractivity contribution < 1.29 is 28.5 Å². The SMILES string of the molecule is CN(C)c1cc[n+](Cn2nnc3ccccc32)cc1.[I-]. The summed E-state index contributed by atoms with van der Waals surface area (Å²) in [6, 6.07) is 12.1. The normalized spacial score (nSPS) is 10.3. The number of anilines is 1. The Morgan fingerprint density at radius 2 is 1.80 bits per heavy atom. The fourth-order valence-electron chi connectivity index (χ4n) is 2.02. The summed E-state index contributed by atoms with van der Waals surface area (Å²) in [5, 5.41) is 8.34. The molecule has 0 saturated carbocycles. The molecule has 1 aromatic carbocycles. The highest BCUT2D eigenvalue weighted by Gasteiger charge is 2.08. The van der Waals surface area contributed by atoms with Gasteiger partial charge in [-0.05, 0) is 12.1 Å². The van der Waals surface area contributed by atoms with Crippen LogP contribution in [0.3, 0.4) is 0 Å². The van der Waals surface area contributed by atoms with Crippen LogP contribution in [0.1, 0.15) is 0 Å². The Morgan fingerprint density at radius 1 is 1.10 bits per heavy atom. The monoisotopic (exact) mass is 381 g/mol. The van der Waals surface area contributed by atoms with E-state index in [1.807, 2.05) is 55.4 Å². The summed E-state index contributed by atoms with van der Waals surface area (Å²) >= 11 is 0. The van der Waals surface area contributed by atoms with Crippen molar-refractivity contribution in [1.82, 2.24) is 15.0 Å². The first kappa shape index (κ1) is 14.7. The van der Waals surface area contributed by atoms with E-state index in [0.717, 1.165) is 11.0 Å². The molecule has 0 radical (unpaired) electrons. The van der Waals surface area contributed by atoms with E-state index in [1.54, 1.807) is 0 Å². The van der Waals surface area contributed by atoms with E-state index in [4.69, 9.17) is 0 Å². The van der Waals surface area contributed by atoms with Crippen molar-refractivity contribution in [3.8, 4) is 0 Å². The largest absolute Gasteiger partial charge is 1.00 e. The molecule has 0 unspecified atom stereocenters. The fraction of sp³-hybridized carbons (Fsp3) is 0.214. The van der Waals surface area contributed by atoms with E-state index in [9.17, 15) is 0 Å². The third-order valence-corrected chi connectivity index (χ3v) is 3.11. The van der Waals surface area contributed by atoms with Gasteiger partial charge in [-0.15, -0.1) is 5.10 Å². The highest BCUT2D eigenvalue weighted by Crippen LogP contribution is 2.09. The smallest absolute Gasteiger partial charge is 0.244 e. The standard InChI is InChI=1S/C14H16N5.HI/c1-17(2)12-7-9-18(10-8-12)11-19-14-6-4-3-5-13(14)15-16-19;/h3-10H,11H2,1-2H3;1H/q+1;/p-1. The van der Waals surface area contributed by atoms with Crippen molar-refractivity contribution in [3.63, 3.8) is 0 Å². The number of hydrogen-bond donors (Lipinski definition) is 0. The predicted molar refractivity (Wildman–Crippen MR) is 73.9 cm³/mol. The van der Waals surface area contributed by atoms with Gasteiger partial charge in [-0.1, -0.05) is 17.3 Å². The molecule has 104 valence electrons. The number of fused-ring (bicyclic) bond motifs is 1. The third kappa shape index (κ3) is 2.90. The highest BCUT2D eigenvalue weighted by molar-refractivity contribution is 5.73. The minimum Gasteiger partial charge on any atom is -1.00 e. The van der Waals surface area contributed by atoms with E-state index in [1.165, 1.54) is 5.69 Å². The van der Waals surface area contributed by atoms with Crippen LogP contribution in [0.5, 0.6) is 0 Å². The van der Waals surface area contributed by atoms with Crippen molar-refractivity contribution in [2.24, 2.45) is 0 Å². The topological polar surface area (TPSA) is 37.8 Å². The summed E-state index contributed by atoms with van der Waals surface area (Å²) < 4.78 is 3.97. The first-order chi connectivity index (χ1) is 9.24. The van der Waals surface area contributed by atoms with Crippen LogP contribution in [-0.2, 0) is 6.67 Å². The Kier molecular flexibility index (Phi) is 4.53. The molecule has 2 aromatic heterocycles. The van der Waals surface area contributed by atoms with Gasteiger partial charge in [0.15, 0.2) is 12.4 Å². The molecular formula is C14H16IN5. The molecule has 6 heteroatoms. The number of aromatic nitrogens is 4. The Morgan fingerprint density at radius 3 is 2.50 bits per heavy atom. The zero-order valence-corrected chi connectivity index (χ0v) is 13.6. The zero-order chi connectivity index (χ0) is 13.2. The number of nitrogens with zero attached hydrogens (tertiary/aromatic N) is 5. The van der Waals surface area contributed by atoms with E-state index in [2.05, 4.69) is 31.9 Å². The molecular weight excluding hydrogens is 365 g/mol. The lowest BCUT2D eigenvalue weighted by Crippen LogP contribution is -3.00. The number of pyridine rings is 1. The van der Waals surface area contributed by atoms with E-state index < -0.39 is 0 Å². The van der Waals surface area contributed by atoms with Gasteiger partial charge in [0, 0.05) is 31.9 Å². The Labute approximate surface area is 134 Å².